The first-order valence-corrected chi connectivity index (χ1v) is 10.9. The minimum absolute atomic E-state index is 0.156. The second-order valence-corrected chi connectivity index (χ2v) is 8.66. The Balaban J connectivity index is 1.47. The van der Waals surface area contributed by atoms with Crippen LogP contribution in [0, 0.1) is 13.8 Å². The predicted molar refractivity (Wildman–Crippen MR) is 118 cm³/mol. The number of carbonyl (C=O) groups excluding carboxylic acids is 1. The van der Waals surface area contributed by atoms with Crippen LogP contribution in [-0.2, 0) is 22.8 Å². The number of benzene rings is 1. The van der Waals surface area contributed by atoms with Crippen LogP contribution in [0.5, 0.6) is 0 Å². The molecule has 0 radical (unpaired) electrons. The van der Waals surface area contributed by atoms with E-state index in [9.17, 15) is 4.79 Å². The number of amides is 1. The first-order chi connectivity index (χ1) is 14.1. The van der Waals surface area contributed by atoms with Crippen molar-refractivity contribution in [3.63, 3.8) is 0 Å². The van der Waals surface area contributed by atoms with Gasteiger partial charge < -0.3 is 4.57 Å². The Labute approximate surface area is 177 Å². The van der Waals surface area contributed by atoms with Crippen molar-refractivity contribution in [3.8, 4) is 20.5 Å². The number of imidazole rings is 1. The van der Waals surface area contributed by atoms with E-state index in [1.54, 1.807) is 22.7 Å². The molecular formula is C22H21N3O2S2. The molecule has 1 amide bonds. The van der Waals surface area contributed by atoms with E-state index in [0.29, 0.717) is 6.61 Å². The monoisotopic (exact) mass is 423 g/mol. The van der Waals surface area contributed by atoms with Crippen molar-refractivity contribution in [2.45, 2.75) is 27.0 Å². The molecule has 0 aliphatic heterocycles. The van der Waals surface area contributed by atoms with Crippen LogP contribution < -0.4 is 5.48 Å². The lowest BCUT2D eigenvalue weighted by molar-refractivity contribution is -0.135. The molecule has 1 aromatic carbocycles. The van der Waals surface area contributed by atoms with Gasteiger partial charge in [-0.15, -0.1) is 22.7 Å². The average Bonchev–Trinajstić information content (AvgIpc) is 3.46. The number of aromatic nitrogens is 2. The van der Waals surface area contributed by atoms with Crippen molar-refractivity contribution in [2.24, 2.45) is 0 Å². The van der Waals surface area contributed by atoms with Gasteiger partial charge in [-0.2, -0.15) is 0 Å². The maximum absolute atomic E-state index is 12.5. The van der Waals surface area contributed by atoms with Crippen LogP contribution in [0.25, 0.3) is 20.5 Å². The smallest absolute Gasteiger partial charge is 0.263 e. The molecule has 0 unspecified atom stereocenters. The Morgan fingerprint density at radius 2 is 1.83 bits per heavy atom. The zero-order valence-electron chi connectivity index (χ0n) is 16.2. The fourth-order valence-corrected chi connectivity index (χ4v) is 4.83. The fourth-order valence-electron chi connectivity index (χ4n) is 3.00. The van der Waals surface area contributed by atoms with E-state index in [1.165, 1.54) is 9.75 Å². The number of nitrogens with zero attached hydrogens (tertiary/aromatic N) is 2. The first-order valence-electron chi connectivity index (χ1n) is 9.24. The van der Waals surface area contributed by atoms with Gasteiger partial charge in [-0.05, 0) is 43.0 Å². The summed E-state index contributed by atoms with van der Waals surface area (Å²) in [7, 11) is 0. The third-order valence-corrected chi connectivity index (χ3v) is 6.76. The van der Waals surface area contributed by atoms with Crippen LogP contribution in [0.4, 0.5) is 0 Å². The Bertz CT molecular complexity index is 1100. The third-order valence-electron chi connectivity index (χ3n) is 4.62. The van der Waals surface area contributed by atoms with Crippen molar-refractivity contribution >= 4 is 28.6 Å². The lowest BCUT2D eigenvalue weighted by Gasteiger charge is -2.10. The fraction of sp³-hybridized carbons (Fsp3) is 0.182. The molecule has 0 saturated carbocycles. The maximum Gasteiger partial charge on any atom is 0.263 e. The molecule has 3 aromatic heterocycles. The zero-order chi connectivity index (χ0) is 20.2. The van der Waals surface area contributed by atoms with Crippen molar-refractivity contribution in [1.29, 1.82) is 0 Å². The molecule has 7 heteroatoms. The normalized spacial score (nSPS) is 11.0. The molecule has 0 saturated heterocycles. The van der Waals surface area contributed by atoms with Gasteiger partial charge in [0.15, 0.2) is 5.82 Å². The van der Waals surface area contributed by atoms with Gasteiger partial charge in [0.1, 0.15) is 6.54 Å². The van der Waals surface area contributed by atoms with Crippen LogP contribution in [0.1, 0.15) is 17.0 Å². The molecular weight excluding hydrogens is 402 g/mol. The Morgan fingerprint density at radius 1 is 1.03 bits per heavy atom. The van der Waals surface area contributed by atoms with E-state index in [0.717, 1.165) is 27.7 Å². The lowest BCUT2D eigenvalue weighted by atomic mass is 10.2. The van der Waals surface area contributed by atoms with E-state index < -0.39 is 0 Å². The summed E-state index contributed by atoms with van der Waals surface area (Å²) in [5.41, 5.74) is 5.44. The summed E-state index contributed by atoms with van der Waals surface area (Å²) in [4.78, 5) is 26.0. The molecule has 0 atom stereocenters. The molecule has 29 heavy (non-hydrogen) atoms. The summed E-state index contributed by atoms with van der Waals surface area (Å²) in [6.07, 6.45) is 0. The number of aryl methyl sites for hydroxylation is 1. The van der Waals surface area contributed by atoms with Crippen molar-refractivity contribution < 1.29 is 9.63 Å². The average molecular weight is 424 g/mol. The van der Waals surface area contributed by atoms with Gasteiger partial charge in [0, 0.05) is 15.4 Å². The summed E-state index contributed by atoms with van der Waals surface area (Å²) in [5, 5.41) is 2.07. The van der Waals surface area contributed by atoms with Gasteiger partial charge in [-0.1, -0.05) is 36.4 Å². The van der Waals surface area contributed by atoms with Gasteiger partial charge in [-0.25, -0.2) is 10.5 Å². The Morgan fingerprint density at radius 3 is 2.59 bits per heavy atom. The van der Waals surface area contributed by atoms with Crippen LogP contribution in [-0.4, -0.2) is 15.5 Å². The van der Waals surface area contributed by atoms with Crippen molar-refractivity contribution in [1.82, 2.24) is 15.0 Å². The molecule has 0 spiro atoms. The van der Waals surface area contributed by atoms with Crippen LogP contribution in [0.15, 0.2) is 60.0 Å². The van der Waals surface area contributed by atoms with Crippen molar-refractivity contribution in [2.75, 3.05) is 0 Å². The Hall–Kier alpha value is -2.74. The molecule has 0 fully saturated rings. The molecule has 148 valence electrons. The standard InChI is InChI=1S/C22H21N3O2S2/c1-15-16(2)25(13-21(26)24-27-14-17-7-4-3-5-8-17)22(23-15)20-11-10-19(29-20)18-9-6-12-28-18/h3-12H,13-14H2,1-2H3,(H,24,26). The molecule has 0 aliphatic carbocycles. The summed E-state index contributed by atoms with van der Waals surface area (Å²) < 4.78 is 1.95. The number of rotatable bonds is 7. The molecule has 4 rings (SSSR count). The summed E-state index contributed by atoms with van der Waals surface area (Å²) in [5.74, 6) is 0.601. The highest BCUT2D eigenvalue weighted by atomic mass is 32.1. The van der Waals surface area contributed by atoms with Gasteiger partial charge in [0.2, 0.25) is 0 Å². The topological polar surface area (TPSA) is 56.2 Å². The number of nitrogens with one attached hydrogen (secondary N) is 1. The van der Waals surface area contributed by atoms with Crippen LogP contribution >= 0.6 is 22.7 Å². The van der Waals surface area contributed by atoms with Crippen LogP contribution in [0.3, 0.4) is 0 Å². The van der Waals surface area contributed by atoms with E-state index in [1.807, 2.05) is 48.7 Å². The van der Waals surface area contributed by atoms with Gasteiger partial charge >= 0.3 is 0 Å². The minimum atomic E-state index is -0.210. The predicted octanol–water partition coefficient (Wildman–Crippen LogP) is 5.20. The van der Waals surface area contributed by atoms with E-state index in [4.69, 9.17) is 9.82 Å². The number of hydrogen-bond donors (Lipinski definition) is 1. The highest BCUT2D eigenvalue weighted by Gasteiger charge is 2.17. The highest BCUT2D eigenvalue weighted by Crippen LogP contribution is 2.36. The maximum atomic E-state index is 12.5. The first kappa shape index (κ1) is 19.6. The second-order valence-electron chi connectivity index (χ2n) is 6.63. The van der Waals surface area contributed by atoms with Gasteiger partial charge in [0.05, 0.1) is 17.2 Å². The molecule has 4 aromatic rings. The van der Waals surface area contributed by atoms with E-state index >= 15 is 0 Å². The summed E-state index contributed by atoms with van der Waals surface area (Å²) in [6.45, 7) is 4.43. The van der Waals surface area contributed by atoms with E-state index in [-0.39, 0.29) is 12.5 Å². The third kappa shape index (κ3) is 4.48. The Kier molecular flexibility index (Phi) is 5.89. The minimum Gasteiger partial charge on any atom is -0.318 e. The highest BCUT2D eigenvalue weighted by molar-refractivity contribution is 7.23. The number of carbonyl (C=O) groups is 1. The van der Waals surface area contributed by atoms with Gasteiger partial charge in [-0.3, -0.25) is 9.63 Å². The summed E-state index contributed by atoms with van der Waals surface area (Å²) >= 11 is 3.40. The quantitative estimate of drug-likeness (QED) is 0.416. The van der Waals surface area contributed by atoms with Crippen LogP contribution in [0.2, 0.25) is 0 Å². The molecule has 5 nitrogen and oxygen atoms in total. The number of thiophene rings is 2. The molecule has 1 N–H and O–H groups in total. The molecule has 3 heterocycles. The number of hydrogen-bond acceptors (Lipinski definition) is 5. The van der Waals surface area contributed by atoms with Gasteiger partial charge in [0.25, 0.3) is 5.91 Å². The van der Waals surface area contributed by atoms with Crippen molar-refractivity contribution in [3.05, 3.63) is 76.9 Å². The van der Waals surface area contributed by atoms with E-state index in [2.05, 4.69) is 35.1 Å². The lowest BCUT2D eigenvalue weighted by Crippen LogP contribution is -2.28. The SMILES string of the molecule is Cc1nc(-c2ccc(-c3cccs3)s2)n(CC(=O)NOCc2ccccc2)c1C. The zero-order valence-corrected chi connectivity index (χ0v) is 17.8. The largest absolute Gasteiger partial charge is 0.318 e. The second kappa shape index (κ2) is 8.73. The summed E-state index contributed by atoms with van der Waals surface area (Å²) in [6, 6.07) is 18.1. The number of hydroxylamine groups is 1. The molecule has 0 aliphatic rings. The molecule has 0 bridgehead atoms.